The van der Waals surface area contributed by atoms with Crippen LogP contribution in [0.1, 0.15) is 36.6 Å². The molecule has 0 aliphatic carbocycles. The van der Waals surface area contributed by atoms with Gasteiger partial charge in [-0.3, -0.25) is 0 Å². The Morgan fingerprint density at radius 2 is 1.45 bits per heavy atom. The van der Waals surface area contributed by atoms with Crippen LogP contribution in [0.4, 0.5) is 20.2 Å². The molecular weight excluding hydrogens is 642 g/mol. The highest BCUT2D eigenvalue weighted by molar-refractivity contribution is 9.10. The maximum atomic E-state index is 14.1. The van der Waals surface area contributed by atoms with Crippen LogP contribution in [0.15, 0.2) is 117 Å². The maximum absolute atomic E-state index is 14.1. The predicted octanol–water partition coefficient (Wildman–Crippen LogP) is 9.11. The molecule has 5 rings (SSSR count). The molecule has 0 saturated carbocycles. The smallest absolute Gasteiger partial charge is 0.338 e. The first-order chi connectivity index (χ1) is 19.3. The molecule has 0 aromatic heterocycles. The number of nitrogens with one attached hydrogen (secondary N) is 1. The lowest BCUT2D eigenvalue weighted by Crippen LogP contribution is -2.41. The summed E-state index contributed by atoms with van der Waals surface area (Å²) in [4.78, 5) is 15.9. The van der Waals surface area contributed by atoms with E-state index in [1.807, 2.05) is 48.5 Å². The van der Waals surface area contributed by atoms with Crippen molar-refractivity contribution in [2.75, 3.05) is 16.8 Å². The van der Waals surface area contributed by atoms with E-state index < -0.39 is 12.0 Å². The topological polar surface area (TPSA) is 41.6 Å². The van der Waals surface area contributed by atoms with Gasteiger partial charge < -0.3 is 15.0 Å². The Kier molecular flexibility index (Phi) is 8.66. The summed E-state index contributed by atoms with van der Waals surface area (Å²) >= 11 is 7.19. The summed E-state index contributed by atoms with van der Waals surface area (Å²) in [6.07, 6.45) is 0.407. The first-order valence-corrected chi connectivity index (χ1v) is 14.4. The number of hydrogen-bond donors (Lipinski definition) is 1. The van der Waals surface area contributed by atoms with Crippen LogP contribution in [0.3, 0.4) is 0 Å². The van der Waals surface area contributed by atoms with E-state index in [1.165, 1.54) is 24.3 Å². The monoisotopic (exact) mass is 666 g/mol. The molecule has 0 radical (unpaired) electrons. The zero-order valence-corrected chi connectivity index (χ0v) is 24.8. The number of benzene rings is 4. The Morgan fingerprint density at radius 1 is 0.875 bits per heavy atom. The van der Waals surface area contributed by atoms with Crippen LogP contribution >= 0.6 is 31.9 Å². The Hall–Kier alpha value is -3.49. The van der Waals surface area contributed by atoms with E-state index in [2.05, 4.69) is 42.1 Å². The van der Waals surface area contributed by atoms with Crippen LogP contribution in [-0.2, 0) is 9.53 Å². The minimum atomic E-state index is -0.595. The zero-order valence-electron chi connectivity index (χ0n) is 21.6. The van der Waals surface area contributed by atoms with E-state index >= 15 is 0 Å². The van der Waals surface area contributed by atoms with Gasteiger partial charge in [0, 0.05) is 32.4 Å². The molecule has 4 aromatic rings. The molecule has 1 aliphatic heterocycles. The Bertz CT molecular complexity index is 1540. The first-order valence-electron chi connectivity index (χ1n) is 12.8. The van der Waals surface area contributed by atoms with E-state index in [1.54, 1.807) is 31.2 Å². The van der Waals surface area contributed by atoms with Crippen molar-refractivity contribution in [1.29, 1.82) is 0 Å². The SMILES string of the molecule is CCOC(=O)C1=C(Nc2ccc(F)cc2)CC(c2cccc(Br)c2)N(c2ccc(F)cc2)C1c1cccc(Br)c1. The van der Waals surface area contributed by atoms with Crippen LogP contribution in [-0.4, -0.2) is 12.6 Å². The number of carbonyl (C=O) groups excluding carboxylic acids is 1. The van der Waals surface area contributed by atoms with Gasteiger partial charge in [-0.2, -0.15) is 0 Å². The average molecular weight is 668 g/mol. The van der Waals surface area contributed by atoms with E-state index in [-0.39, 0.29) is 24.3 Å². The van der Waals surface area contributed by atoms with Gasteiger partial charge >= 0.3 is 5.97 Å². The molecule has 2 unspecified atom stereocenters. The summed E-state index contributed by atoms with van der Waals surface area (Å²) in [6, 6.07) is 27.3. The van der Waals surface area contributed by atoms with E-state index in [4.69, 9.17) is 4.74 Å². The normalized spacial score (nSPS) is 17.1. The third-order valence-corrected chi connectivity index (χ3v) is 7.75. The van der Waals surface area contributed by atoms with Gasteiger partial charge in [0.15, 0.2) is 0 Å². The molecule has 8 heteroatoms. The molecule has 0 amide bonds. The molecule has 1 heterocycles. The van der Waals surface area contributed by atoms with E-state index in [9.17, 15) is 13.6 Å². The molecule has 2 atom stereocenters. The lowest BCUT2D eigenvalue weighted by Gasteiger charge is -2.46. The van der Waals surface area contributed by atoms with E-state index in [0.29, 0.717) is 23.4 Å². The average Bonchev–Trinajstić information content (AvgIpc) is 2.94. The lowest BCUT2D eigenvalue weighted by atomic mass is 9.84. The van der Waals surface area contributed by atoms with Crippen molar-refractivity contribution in [3.05, 3.63) is 140 Å². The van der Waals surface area contributed by atoms with Crippen molar-refractivity contribution in [2.24, 2.45) is 0 Å². The summed E-state index contributed by atoms with van der Waals surface area (Å²) in [5, 5.41) is 3.41. The summed E-state index contributed by atoms with van der Waals surface area (Å²) < 4.78 is 35.2. The van der Waals surface area contributed by atoms with Gasteiger partial charge in [0.25, 0.3) is 0 Å². The second kappa shape index (κ2) is 12.4. The second-order valence-corrected chi connectivity index (χ2v) is 11.2. The Labute approximate surface area is 248 Å². The molecule has 0 saturated heterocycles. The number of hydrogen-bond acceptors (Lipinski definition) is 4. The van der Waals surface area contributed by atoms with Gasteiger partial charge in [0.05, 0.1) is 24.3 Å². The molecule has 1 aliphatic rings. The van der Waals surface area contributed by atoms with Gasteiger partial charge in [-0.15, -0.1) is 0 Å². The number of carbonyl (C=O) groups is 1. The fourth-order valence-corrected chi connectivity index (χ4v) is 5.93. The molecular formula is C32H26Br2F2N2O2. The van der Waals surface area contributed by atoms with Gasteiger partial charge in [-0.1, -0.05) is 56.1 Å². The van der Waals surface area contributed by atoms with Crippen LogP contribution in [0.2, 0.25) is 0 Å². The lowest BCUT2D eigenvalue weighted by molar-refractivity contribution is -0.139. The fourth-order valence-electron chi connectivity index (χ4n) is 5.09. The molecule has 0 spiro atoms. The van der Waals surface area contributed by atoms with Crippen molar-refractivity contribution in [3.8, 4) is 0 Å². The Morgan fingerprint density at radius 3 is 2.05 bits per heavy atom. The predicted molar refractivity (Wildman–Crippen MR) is 161 cm³/mol. The largest absolute Gasteiger partial charge is 0.463 e. The van der Waals surface area contributed by atoms with Crippen molar-refractivity contribution in [2.45, 2.75) is 25.4 Å². The third kappa shape index (κ3) is 6.13. The van der Waals surface area contributed by atoms with Crippen LogP contribution in [0, 0.1) is 11.6 Å². The van der Waals surface area contributed by atoms with Crippen molar-refractivity contribution in [3.63, 3.8) is 0 Å². The number of ether oxygens (including phenoxy) is 1. The number of halogens is 4. The first kappa shape index (κ1) is 28.1. The summed E-state index contributed by atoms with van der Waals surface area (Å²) in [5.41, 5.74) is 4.34. The quantitative estimate of drug-likeness (QED) is 0.200. The van der Waals surface area contributed by atoms with Crippen LogP contribution < -0.4 is 10.2 Å². The molecule has 1 N–H and O–H groups in total. The minimum Gasteiger partial charge on any atom is -0.463 e. The molecule has 4 aromatic carbocycles. The maximum Gasteiger partial charge on any atom is 0.338 e. The van der Waals surface area contributed by atoms with Gasteiger partial charge in [-0.05, 0) is 90.8 Å². The minimum absolute atomic E-state index is 0.197. The fraction of sp³-hybridized carbons (Fsp3) is 0.156. The van der Waals surface area contributed by atoms with Crippen molar-refractivity contribution < 1.29 is 18.3 Å². The summed E-state index contributed by atoms with van der Waals surface area (Å²) in [6.45, 7) is 1.97. The molecule has 0 bridgehead atoms. The molecule has 4 nitrogen and oxygen atoms in total. The number of nitrogens with zero attached hydrogens (tertiary/aromatic N) is 1. The van der Waals surface area contributed by atoms with Crippen LogP contribution in [0.25, 0.3) is 0 Å². The molecule has 204 valence electrons. The number of esters is 1. The standard InChI is InChI=1S/C32H26Br2F2N2O2/c1-2-40-32(39)30-28(37-26-13-9-24(35)10-14-26)19-29(20-5-3-7-22(33)17-20)38(27-15-11-25(36)12-16-27)31(30)21-6-4-8-23(34)18-21/h3-18,29,31,37H,2,19H2,1H3. The number of anilines is 2. The number of rotatable bonds is 7. The van der Waals surface area contributed by atoms with Gasteiger partial charge in [0.1, 0.15) is 11.6 Å². The summed E-state index contributed by atoms with van der Waals surface area (Å²) in [7, 11) is 0. The zero-order chi connectivity index (χ0) is 28.2. The Balaban J connectivity index is 1.79. The van der Waals surface area contributed by atoms with Gasteiger partial charge in [0.2, 0.25) is 0 Å². The van der Waals surface area contributed by atoms with Gasteiger partial charge in [-0.25, -0.2) is 13.6 Å². The van der Waals surface area contributed by atoms with Crippen LogP contribution in [0.5, 0.6) is 0 Å². The highest BCUT2D eigenvalue weighted by atomic mass is 79.9. The highest BCUT2D eigenvalue weighted by Gasteiger charge is 2.42. The third-order valence-electron chi connectivity index (χ3n) is 6.77. The highest BCUT2D eigenvalue weighted by Crippen LogP contribution is 2.48. The van der Waals surface area contributed by atoms with Crippen molar-refractivity contribution >= 4 is 49.2 Å². The summed E-state index contributed by atoms with van der Waals surface area (Å²) in [5.74, 6) is -1.16. The molecule has 0 fully saturated rings. The van der Waals surface area contributed by atoms with Crippen molar-refractivity contribution in [1.82, 2.24) is 0 Å². The second-order valence-electron chi connectivity index (χ2n) is 9.36. The molecule has 40 heavy (non-hydrogen) atoms. The van der Waals surface area contributed by atoms with E-state index in [0.717, 1.165) is 25.8 Å².